The first-order valence-corrected chi connectivity index (χ1v) is 5.86. The maximum atomic E-state index is 5.63. The van der Waals surface area contributed by atoms with Crippen molar-refractivity contribution in [3.8, 4) is 0 Å². The molecule has 0 saturated heterocycles. The van der Waals surface area contributed by atoms with E-state index < -0.39 is 0 Å². The molecule has 0 aliphatic heterocycles. The smallest absolute Gasteiger partial charge is 0.107 e. The van der Waals surface area contributed by atoms with Crippen molar-refractivity contribution < 1.29 is 4.74 Å². The van der Waals surface area contributed by atoms with Gasteiger partial charge < -0.3 is 4.74 Å². The highest BCUT2D eigenvalue weighted by Gasteiger charge is 2.13. The number of rotatable bonds is 3. The van der Waals surface area contributed by atoms with Gasteiger partial charge in [-0.3, -0.25) is 0 Å². The Morgan fingerprint density at radius 3 is 1.94 bits per heavy atom. The maximum absolute atomic E-state index is 5.63. The predicted molar refractivity (Wildman–Crippen MR) is 71.2 cm³/mol. The Labute approximate surface area is 103 Å². The molecule has 0 spiro atoms. The summed E-state index contributed by atoms with van der Waals surface area (Å²) in [6, 6.07) is 16.9. The van der Waals surface area contributed by atoms with Crippen LogP contribution in [0.3, 0.4) is 0 Å². The lowest BCUT2D eigenvalue weighted by Gasteiger charge is -2.17. The summed E-state index contributed by atoms with van der Waals surface area (Å²) in [7, 11) is 1.76. The van der Waals surface area contributed by atoms with Crippen molar-refractivity contribution in [1.82, 2.24) is 0 Å². The molecule has 0 saturated carbocycles. The second-order valence-electron chi connectivity index (χ2n) is 4.45. The number of aryl methyl sites for hydroxylation is 2. The van der Waals surface area contributed by atoms with Gasteiger partial charge in [-0.15, -0.1) is 0 Å². The van der Waals surface area contributed by atoms with Crippen molar-refractivity contribution in [2.45, 2.75) is 20.0 Å². The largest absolute Gasteiger partial charge is 0.372 e. The molecule has 88 valence electrons. The molecule has 0 aromatic heterocycles. The molecular weight excluding hydrogens is 208 g/mol. The fourth-order valence-corrected chi connectivity index (χ4v) is 2.25. The molecule has 2 aromatic carbocycles. The van der Waals surface area contributed by atoms with Gasteiger partial charge in [-0.05, 0) is 25.0 Å². The summed E-state index contributed by atoms with van der Waals surface area (Å²) in [6.07, 6.45) is 0.0230. The summed E-state index contributed by atoms with van der Waals surface area (Å²) < 4.78 is 5.63. The Kier molecular flexibility index (Phi) is 3.60. The monoisotopic (exact) mass is 226 g/mol. The molecule has 2 rings (SSSR count). The summed E-state index contributed by atoms with van der Waals surface area (Å²) in [5.41, 5.74) is 4.96. The highest BCUT2D eigenvalue weighted by atomic mass is 16.5. The molecule has 1 atom stereocenters. The van der Waals surface area contributed by atoms with E-state index in [1.807, 2.05) is 18.2 Å². The molecule has 0 fully saturated rings. The fourth-order valence-electron chi connectivity index (χ4n) is 2.25. The first-order chi connectivity index (χ1) is 8.20. The third-order valence-electron chi connectivity index (χ3n) is 2.88. The summed E-state index contributed by atoms with van der Waals surface area (Å²) >= 11 is 0. The third-order valence-corrected chi connectivity index (χ3v) is 2.88. The molecule has 1 heteroatoms. The lowest BCUT2D eigenvalue weighted by molar-refractivity contribution is 0.136. The van der Waals surface area contributed by atoms with Gasteiger partial charge in [0.05, 0.1) is 0 Å². The molecule has 0 radical (unpaired) electrons. The summed E-state index contributed by atoms with van der Waals surface area (Å²) in [5, 5.41) is 0. The van der Waals surface area contributed by atoms with Crippen LogP contribution in [0.5, 0.6) is 0 Å². The lowest BCUT2D eigenvalue weighted by Crippen LogP contribution is -2.04. The van der Waals surface area contributed by atoms with Gasteiger partial charge in [-0.2, -0.15) is 0 Å². The van der Waals surface area contributed by atoms with E-state index in [0.717, 1.165) is 0 Å². The molecule has 0 heterocycles. The summed E-state index contributed by atoms with van der Waals surface area (Å²) in [4.78, 5) is 0. The van der Waals surface area contributed by atoms with E-state index in [4.69, 9.17) is 4.74 Å². The van der Waals surface area contributed by atoms with Crippen molar-refractivity contribution in [3.05, 3.63) is 70.8 Å². The molecule has 1 nitrogen and oxygen atoms in total. The molecule has 0 amide bonds. The molecule has 2 aromatic rings. The van der Waals surface area contributed by atoms with Crippen LogP contribution in [-0.4, -0.2) is 7.11 Å². The average Bonchev–Trinajstić information content (AvgIpc) is 2.30. The number of hydrogen-bond acceptors (Lipinski definition) is 1. The zero-order chi connectivity index (χ0) is 12.3. The van der Waals surface area contributed by atoms with E-state index in [-0.39, 0.29) is 6.10 Å². The lowest BCUT2D eigenvalue weighted by atomic mass is 9.98. The molecule has 1 unspecified atom stereocenters. The second-order valence-corrected chi connectivity index (χ2v) is 4.45. The van der Waals surface area contributed by atoms with E-state index in [1.54, 1.807) is 7.11 Å². The average molecular weight is 226 g/mol. The quantitative estimate of drug-likeness (QED) is 0.767. The van der Waals surface area contributed by atoms with E-state index in [2.05, 4.69) is 44.2 Å². The van der Waals surface area contributed by atoms with Crippen molar-refractivity contribution in [2.24, 2.45) is 0 Å². The third kappa shape index (κ3) is 2.75. The fraction of sp³-hybridized carbons (Fsp3) is 0.250. The van der Waals surface area contributed by atoms with Gasteiger partial charge >= 0.3 is 0 Å². The normalized spacial score (nSPS) is 12.4. The minimum atomic E-state index is 0.0230. The van der Waals surface area contributed by atoms with Gasteiger partial charge in [0.15, 0.2) is 0 Å². The Hall–Kier alpha value is -1.60. The SMILES string of the molecule is COC(c1ccccc1)c1cc(C)cc(C)c1. The van der Waals surface area contributed by atoms with Crippen molar-refractivity contribution in [3.63, 3.8) is 0 Å². The Balaban J connectivity index is 2.42. The minimum Gasteiger partial charge on any atom is -0.372 e. The van der Waals surface area contributed by atoms with E-state index in [0.29, 0.717) is 0 Å². The van der Waals surface area contributed by atoms with Crippen LogP contribution in [0.15, 0.2) is 48.5 Å². The van der Waals surface area contributed by atoms with Crippen molar-refractivity contribution >= 4 is 0 Å². The maximum Gasteiger partial charge on any atom is 0.107 e. The first kappa shape index (κ1) is 11.9. The zero-order valence-corrected chi connectivity index (χ0v) is 10.6. The molecule has 0 N–H and O–H groups in total. The van der Waals surface area contributed by atoms with E-state index in [1.165, 1.54) is 22.3 Å². The first-order valence-electron chi connectivity index (χ1n) is 5.86. The molecule has 0 bridgehead atoms. The van der Waals surface area contributed by atoms with Crippen LogP contribution in [0.1, 0.15) is 28.4 Å². The zero-order valence-electron chi connectivity index (χ0n) is 10.6. The van der Waals surface area contributed by atoms with Gasteiger partial charge in [0, 0.05) is 7.11 Å². The molecule has 0 aliphatic carbocycles. The van der Waals surface area contributed by atoms with Gasteiger partial charge in [0.2, 0.25) is 0 Å². The predicted octanol–water partition coefficient (Wildman–Crippen LogP) is 4.04. The number of ether oxygens (including phenoxy) is 1. The van der Waals surface area contributed by atoms with Crippen LogP contribution in [0, 0.1) is 13.8 Å². The second kappa shape index (κ2) is 5.15. The van der Waals surface area contributed by atoms with Crippen molar-refractivity contribution in [1.29, 1.82) is 0 Å². The summed E-state index contributed by atoms with van der Waals surface area (Å²) in [5.74, 6) is 0. The molecule has 17 heavy (non-hydrogen) atoms. The topological polar surface area (TPSA) is 9.23 Å². The van der Waals surface area contributed by atoms with Crippen LogP contribution < -0.4 is 0 Å². The van der Waals surface area contributed by atoms with Crippen molar-refractivity contribution in [2.75, 3.05) is 7.11 Å². The molecule has 0 aliphatic rings. The minimum absolute atomic E-state index is 0.0230. The van der Waals surface area contributed by atoms with Gasteiger partial charge in [0.25, 0.3) is 0 Å². The Morgan fingerprint density at radius 2 is 1.41 bits per heavy atom. The summed E-state index contributed by atoms with van der Waals surface area (Å²) in [6.45, 7) is 4.24. The highest BCUT2D eigenvalue weighted by molar-refractivity contribution is 5.35. The van der Waals surface area contributed by atoms with Crippen LogP contribution in [0.2, 0.25) is 0 Å². The van der Waals surface area contributed by atoms with E-state index in [9.17, 15) is 0 Å². The van der Waals surface area contributed by atoms with Gasteiger partial charge in [-0.1, -0.05) is 59.7 Å². The molecular formula is C16H18O. The Morgan fingerprint density at radius 1 is 0.824 bits per heavy atom. The highest BCUT2D eigenvalue weighted by Crippen LogP contribution is 2.26. The Bertz CT molecular complexity index is 468. The number of hydrogen-bond donors (Lipinski definition) is 0. The van der Waals surface area contributed by atoms with Gasteiger partial charge in [0.1, 0.15) is 6.10 Å². The standard InChI is InChI=1S/C16H18O/c1-12-9-13(2)11-15(10-12)16(17-3)14-7-5-4-6-8-14/h4-11,16H,1-3H3. The van der Waals surface area contributed by atoms with Gasteiger partial charge in [-0.25, -0.2) is 0 Å². The number of methoxy groups -OCH3 is 1. The van der Waals surface area contributed by atoms with Crippen LogP contribution in [0.4, 0.5) is 0 Å². The number of benzene rings is 2. The van der Waals surface area contributed by atoms with Crippen LogP contribution in [0.25, 0.3) is 0 Å². The van der Waals surface area contributed by atoms with Crippen LogP contribution in [-0.2, 0) is 4.74 Å². The van der Waals surface area contributed by atoms with E-state index >= 15 is 0 Å². The van der Waals surface area contributed by atoms with Crippen LogP contribution >= 0.6 is 0 Å².